The summed E-state index contributed by atoms with van der Waals surface area (Å²) < 4.78 is 0. The van der Waals surface area contributed by atoms with E-state index < -0.39 is 23.8 Å². The molecule has 0 rings (SSSR count). The van der Waals surface area contributed by atoms with Gasteiger partial charge in [0.15, 0.2) is 0 Å². The second kappa shape index (κ2) is 10.3. The lowest BCUT2D eigenvalue weighted by molar-refractivity contribution is -0.132. The quantitative estimate of drug-likeness (QED) is 0.326. The van der Waals surface area contributed by atoms with Crippen LogP contribution >= 0.6 is 0 Å². The molecule has 0 aliphatic rings. The molecule has 20 heavy (non-hydrogen) atoms. The standard InChI is InChI=1S/C12H16N2O6/c15-9(3-5-11(17)18)13-7-1-2-8-14-10(16)4-6-12(19)20/h3-6H,1-2,7-8H2,(H,13,15)(H,14,16)(H,17,18)(H,19,20)/b5-3-,6-4?. The Balaban J connectivity index is 3.58. The van der Waals surface area contributed by atoms with Gasteiger partial charge in [0.1, 0.15) is 0 Å². The Labute approximate surface area is 115 Å². The number of carboxylic acids is 2. The summed E-state index contributed by atoms with van der Waals surface area (Å²) in [5, 5.41) is 21.5. The third-order valence-electron chi connectivity index (χ3n) is 1.96. The van der Waals surface area contributed by atoms with Crippen molar-refractivity contribution in [2.45, 2.75) is 12.8 Å². The molecule has 0 radical (unpaired) electrons. The van der Waals surface area contributed by atoms with Crippen molar-refractivity contribution in [3.8, 4) is 0 Å². The molecule has 0 fully saturated rings. The molecule has 0 aromatic heterocycles. The van der Waals surface area contributed by atoms with Crippen LogP contribution in [0.1, 0.15) is 12.8 Å². The maximum atomic E-state index is 11.0. The van der Waals surface area contributed by atoms with Gasteiger partial charge in [-0.3, -0.25) is 9.59 Å². The number of rotatable bonds is 9. The third-order valence-corrected chi connectivity index (χ3v) is 1.96. The van der Waals surface area contributed by atoms with Gasteiger partial charge >= 0.3 is 11.9 Å². The lowest BCUT2D eigenvalue weighted by Crippen LogP contribution is -2.25. The topological polar surface area (TPSA) is 133 Å². The number of aliphatic carboxylic acids is 2. The molecule has 8 heteroatoms. The van der Waals surface area contributed by atoms with E-state index in [0.717, 1.165) is 24.3 Å². The van der Waals surface area contributed by atoms with Crippen LogP contribution in [0.2, 0.25) is 0 Å². The number of carbonyl (C=O) groups excluding carboxylic acids is 2. The largest absolute Gasteiger partial charge is 0.478 e. The Morgan fingerprint density at radius 1 is 0.700 bits per heavy atom. The first-order valence-corrected chi connectivity index (χ1v) is 5.79. The van der Waals surface area contributed by atoms with Crippen LogP contribution in [-0.2, 0) is 19.2 Å². The summed E-state index contributed by atoms with van der Waals surface area (Å²) in [5.74, 6) is -3.39. The highest BCUT2D eigenvalue weighted by Gasteiger charge is 1.98. The van der Waals surface area contributed by atoms with Crippen LogP contribution in [0.4, 0.5) is 0 Å². The molecule has 110 valence electrons. The first kappa shape index (κ1) is 17.4. The zero-order valence-corrected chi connectivity index (χ0v) is 10.7. The van der Waals surface area contributed by atoms with E-state index >= 15 is 0 Å². The average molecular weight is 284 g/mol. The maximum Gasteiger partial charge on any atom is 0.328 e. The van der Waals surface area contributed by atoms with Crippen LogP contribution in [0.3, 0.4) is 0 Å². The van der Waals surface area contributed by atoms with E-state index in [0.29, 0.717) is 25.9 Å². The van der Waals surface area contributed by atoms with E-state index in [2.05, 4.69) is 10.6 Å². The third kappa shape index (κ3) is 11.8. The van der Waals surface area contributed by atoms with Crippen molar-refractivity contribution >= 4 is 23.8 Å². The predicted molar refractivity (Wildman–Crippen MR) is 68.8 cm³/mol. The van der Waals surface area contributed by atoms with Crippen LogP contribution in [0, 0.1) is 0 Å². The Bertz CT molecular complexity index is 388. The summed E-state index contributed by atoms with van der Waals surface area (Å²) >= 11 is 0. The monoisotopic (exact) mass is 284 g/mol. The minimum atomic E-state index is -1.20. The first-order chi connectivity index (χ1) is 9.41. The molecule has 0 saturated carbocycles. The molecule has 4 N–H and O–H groups in total. The van der Waals surface area contributed by atoms with Crippen molar-refractivity contribution < 1.29 is 29.4 Å². The van der Waals surface area contributed by atoms with Crippen LogP contribution in [0.5, 0.6) is 0 Å². The highest BCUT2D eigenvalue weighted by atomic mass is 16.4. The van der Waals surface area contributed by atoms with Crippen LogP contribution in [0.15, 0.2) is 24.3 Å². The summed E-state index contributed by atoms with van der Waals surface area (Å²) in [6.07, 6.45) is 4.50. The van der Waals surface area contributed by atoms with Gasteiger partial charge in [0, 0.05) is 37.4 Å². The molecule has 0 atom stereocenters. The van der Waals surface area contributed by atoms with E-state index in [1.54, 1.807) is 0 Å². The molecule has 0 heterocycles. The van der Waals surface area contributed by atoms with E-state index in [-0.39, 0.29) is 0 Å². The molecule has 0 unspecified atom stereocenters. The molecule has 8 nitrogen and oxygen atoms in total. The summed E-state index contributed by atoms with van der Waals surface area (Å²) in [4.78, 5) is 42.3. The van der Waals surface area contributed by atoms with Crippen molar-refractivity contribution in [3.05, 3.63) is 24.3 Å². The molecule has 2 amide bonds. The van der Waals surface area contributed by atoms with Gasteiger partial charge in [0.2, 0.25) is 11.8 Å². The molecule has 0 aliphatic carbocycles. The number of carbonyl (C=O) groups is 4. The minimum Gasteiger partial charge on any atom is -0.478 e. The molecule has 0 saturated heterocycles. The van der Waals surface area contributed by atoms with Gasteiger partial charge in [0.25, 0.3) is 0 Å². The first-order valence-electron chi connectivity index (χ1n) is 5.79. The lowest BCUT2D eigenvalue weighted by atomic mass is 10.3. The zero-order chi connectivity index (χ0) is 15.4. The van der Waals surface area contributed by atoms with Crippen molar-refractivity contribution in [3.63, 3.8) is 0 Å². The number of unbranched alkanes of at least 4 members (excludes halogenated alkanes) is 1. The number of amides is 2. The Morgan fingerprint density at radius 2 is 1.05 bits per heavy atom. The number of hydrogen-bond acceptors (Lipinski definition) is 4. The van der Waals surface area contributed by atoms with E-state index in [1.807, 2.05) is 0 Å². The zero-order valence-electron chi connectivity index (χ0n) is 10.7. The van der Waals surface area contributed by atoms with E-state index in [9.17, 15) is 19.2 Å². The maximum absolute atomic E-state index is 11.0. The lowest BCUT2D eigenvalue weighted by Gasteiger charge is -2.03. The Morgan fingerprint density at radius 3 is 1.35 bits per heavy atom. The number of nitrogens with one attached hydrogen (secondary N) is 2. The Hall–Kier alpha value is -2.64. The summed E-state index contributed by atoms with van der Waals surface area (Å²) in [6.45, 7) is 0.702. The van der Waals surface area contributed by atoms with Gasteiger partial charge in [-0.1, -0.05) is 0 Å². The highest BCUT2D eigenvalue weighted by molar-refractivity contribution is 5.94. The van der Waals surface area contributed by atoms with E-state index in [1.165, 1.54) is 0 Å². The fourth-order valence-corrected chi connectivity index (χ4v) is 1.08. The molecular formula is C12H16N2O6. The SMILES string of the molecule is O=C(O)C=CC(=O)NCCCCNC(=O)/C=C\C(=O)O. The van der Waals surface area contributed by atoms with Crippen molar-refractivity contribution in [1.82, 2.24) is 10.6 Å². The average Bonchev–Trinajstić information content (AvgIpc) is 2.37. The minimum absolute atomic E-state index is 0.351. The van der Waals surface area contributed by atoms with Crippen LogP contribution in [0.25, 0.3) is 0 Å². The number of carboxylic acid groups (broad SMARTS) is 2. The normalized spacial score (nSPS) is 10.6. The van der Waals surface area contributed by atoms with Crippen LogP contribution < -0.4 is 10.6 Å². The highest BCUT2D eigenvalue weighted by Crippen LogP contribution is 1.86. The van der Waals surface area contributed by atoms with Gasteiger partial charge in [0.05, 0.1) is 0 Å². The predicted octanol–water partition coefficient (Wildman–Crippen LogP) is -0.719. The smallest absolute Gasteiger partial charge is 0.328 e. The Kier molecular flexibility index (Phi) is 8.94. The second-order valence-electron chi connectivity index (χ2n) is 3.63. The van der Waals surface area contributed by atoms with E-state index in [4.69, 9.17) is 10.2 Å². The van der Waals surface area contributed by atoms with Gasteiger partial charge in [-0.25, -0.2) is 9.59 Å². The van der Waals surface area contributed by atoms with Crippen molar-refractivity contribution in [2.75, 3.05) is 13.1 Å². The molecule has 0 aliphatic heterocycles. The van der Waals surface area contributed by atoms with Crippen molar-refractivity contribution in [1.29, 1.82) is 0 Å². The summed E-state index contributed by atoms with van der Waals surface area (Å²) in [7, 11) is 0. The summed E-state index contributed by atoms with van der Waals surface area (Å²) in [5.41, 5.74) is 0. The van der Waals surface area contributed by atoms with Gasteiger partial charge < -0.3 is 20.8 Å². The molecule has 0 aromatic carbocycles. The molecule has 0 bridgehead atoms. The van der Waals surface area contributed by atoms with Crippen LogP contribution in [-0.4, -0.2) is 47.1 Å². The van der Waals surface area contributed by atoms with Gasteiger partial charge in [-0.05, 0) is 12.8 Å². The molecule has 0 aromatic rings. The molecular weight excluding hydrogens is 268 g/mol. The van der Waals surface area contributed by atoms with Crippen molar-refractivity contribution in [2.24, 2.45) is 0 Å². The molecule has 0 spiro atoms. The van der Waals surface area contributed by atoms with Gasteiger partial charge in [-0.2, -0.15) is 0 Å². The number of hydrogen-bond donors (Lipinski definition) is 4. The summed E-state index contributed by atoms with van der Waals surface area (Å²) in [6, 6.07) is 0. The fraction of sp³-hybridized carbons (Fsp3) is 0.333. The fourth-order valence-electron chi connectivity index (χ4n) is 1.08. The second-order valence-corrected chi connectivity index (χ2v) is 3.63. The van der Waals surface area contributed by atoms with Gasteiger partial charge in [-0.15, -0.1) is 0 Å².